The Morgan fingerprint density at radius 1 is 1.50 bits per heavy atom. The van der Waals surface area contributed by atoms with Crippen LogP contribution >= 0.6 is 0 Å². The second-order valence-corrected chi connectivity index (χ2v) is 5.48. The van der Waals surface area contributed by atoms with Crippen molar-refractivity contribution < 1.29 is 19.4 Å². The SMILES string of the molecule is CCC1=NC2(CCC(C(=O)O)CC2)C(=O)N1CCOC. The number of methoxy groups -OCH3 is 1. The Morgan fingerprint density at radius 3 is 2.65 bits per heavy atom. The zero-order valence-corrected chi connectivity index (χ0v) is 12.1. The topological polar surface area (TPSA) is 79.2 Å². The predicted octanol–water partition coefficient (Wildman–Crippen LogP) is 1.30. The quantitative estimate of drug-likeness (QED) is 0.824. The van der Waals surface area contributed by atoms with Crippen LogP contribution in [0.4, 0.5) is 0 Å². The minimum absolute atomic E-state index is 0.0234. The summed E-state index contributed by atoms with van der Waals surface area (Å²) in [5, 5.41) is 9.05. The number of aliphatic imine (C=N–C) groups is 1. The Balaban J connectivity index is 2.11. The average molecular weight is 282 g/mol. The number of carboxylic acids is 1. The van der Waals surface area contributed by atoms with E-state index in [1.807, 2.05) is 6.92 Å². The summed E-state index contributed by atoms with van der Waals surface area (Å²) >= 11 is 0. The van der Waals surface area contributed by atoms with Crippen LogP contribution in [0.3, 0.4) is 0 Å². The molecule has 6 nitrogen and oxygen atoms in total. The van der Waals surface area contributed by atoms with Crippen LogP contribution in [0.2, 0.25) is 0 Å². The largest absolute Gasteiger partial charge is 0.481 e. The lowest BCUT2D eigenvalue weighted by molar-refractivity contribution is -0.145. The highest BCUT2D eigenvalue weighted by Gasteiger charge is 2.49. The number of hydrogen-bond acceptors (Lipinski definition) is 4. The predicted molar refractivity (Wildman–Crippen MR) is 73.6 cm³/mol. The van der Waals surface area contributed by atoms with E-state index in [4.69, 9.17) is 9.84 Å². The smallest absolute Gasteiger partial charge is 0.306 e. The fourth-order valence-electron chi connectivity index (χ4n) is 3.07. The molecule has 1 fully saturated rings. The van der Waals surface area contributed by atoms with Crippen molar-refractivity contribution in [3.63, 3.8) is 0 Å². The van der Waals surface area contributed by atoms with E-state index in [9.17, 15) is 9.59 Å². The molecule has 1 amide bonds. The Bertz CT molecular complexity index is 425. The molecule has 0 unspecified atom stereocenters. The molecular weight excluding hydrogens is 260 g/mol. The van der Waals surface area contributed by atoms with Gasteiger partial charge in [0.25, 0.3) is 5.91 Å². The second kappa shape index (κ2) is 5.91. The highest BCUT2D eigenvalue weighted by Crippen LogP contribution is 2.40. The standard InChI is InChI=1S/C14H22N2O4/c1-3-11-15-14(13(19)16(11)8-9-20-2)6-4-10(5-7-14)12(17)18/h10H,3-9H2,1-2H3,(H,17,18). The number of ether oxygens (including phenoxy) is 1. The lowest BCUT2D eigenvalue weighted by Gasteiger charge is -2.32. The molecule has 2 rings (SSSR count). The summed E-state index contributed by atoms with van der Waals surface area (Å²) in [6, 6.07) is 0. The first-order valence-electron chi connectivity index (χ1n) is 7.16. The molecule has 112 valence electrons. The van der Waals surface area contributed by atoms with Gasteiger partial charge in [-0.1, -0.05) is 6.92 Å². The summed E-state index contributed by atoms with van der Waals surface area (Å²) in [5.41, 5.74) is -0.703. The average Bonchev–Trinajstić information content (AvgIpc) is 2.70. The summed E-state index contributed by atoms with van der Waals surface area (Å²) < 4.78 is 5.04. The van der Waals surface area contributed by atoms with E-state index in [1.165, 1.54) is 0 Å². The molecule has 1 aliphatic heterocycles. The van der Waals surface area contributed by atoms with Gasteiger partial charge in [0.2, 0.25) is 0 Å². The van der Waals surface area contributed by atoms with Crippen LogP contribution in [0.5, 0.6) is 0 Å². The van der Waals surface area contributed by atoms with Crippen molar-refractivity contribution in [1.82, 2.24) is 4.90 Å². The van der Waals surface area contributed by atoms with E-state index in [0.717, 1.165) is 5.84 Å². The van der Waals surface area contributed by atoms with E-state index in [2.05, 4.69) is 4.99 Å². The number of carbonyl (C=O) groups excluding carboxylic acids is 1. The van der Waals surface area contributed by atoms with Crippen LogP contribution in [0, 0.1) is 5.92 Å². The second-order valence-electron chi connectivity index (χ2n) is 5.48. The highest BCUT2D eigenvalue weighted by atomic mass is 16.5. The first-order valence-corrected chi connectivity index (χ1v) is 7.16. The van der Waals surface area contributed by atoms with E-state index >= 15 is 0 Å². The summed E-state index contributed by atoms with van der Waals surface area (Å²) in [6.07, 6.45) is 2.84. The fraction of sp³-hybridized carbons (Fsp3) is 0.786. The first kappa shape index (κ1) is 15.0. The van der Waals surface area contributed by atoms with Gasteiger partial charge in [-0.3, -0.25) is 19.5 Å². The van der Waals surface area contributed by atoms with Crippen LogP contribution in [0.15, 0.2) is 4.99 Å². The van der Waals surface area contributed by atoms with E-state index in [-0.39, 0.29) is 11.8 Å². The van der Waals surface area contributed by atoms with Crippen molar-refractivity contribution in [3.05, 3.63) is 0 Å². The molecule has 1 aliphatic carbocycles. The van der Waals surface area contributed by atoms with Crippen LogP contribution in [-0.4, -0.2) is 53.5 Å². The number of nitrogens with zero attached hydrogens (tertiary/aromatic N) is 2. The lowest BCUT2D eigenvalue weighted by Crippen LogP contribution is -2.46. The van der Waals surface area contributed by atoms with Crippen molar-refractivity contribution >= 4 is 17.7 Å². The fourth-order valence-corrected chi connectivity index (χ4v) is 3.07. The molecule has 1 saturated carbocycles. The molecular formula is C14H22N2O4. The van der Waals surface area contributed by atoms with Gasteiger partial charge in [0.15, 0.2) is 0 Å². The number of carboxylic acid groups (broad SMARTS) is 1. The van der Waals surface area contributed by atoms with Gasteiger partial charge in [-0.2, -0.15) is 0 Å². The summed E-state index contributed by atoms with van der Waals surface area (Å²) in [5.74, 6) is -0.265. The normalized spacial score (nSPS) is 29.9. The van der Waals surface area contributed by atoms with E-state index < -0.39 is 11.5 Å². The Morgan fingerprint density at radius 2 is 2.15 bits per heavy atom. The molecule has 20 heavy (non-hydrogen) atoms. The number of rotatable bonds is 5. The van der Waals surface area contributed by atoms with Crippen molar-refractivity contribution in [2.24, 2.45) is 10.9 Å². The Kier molecular flexibility index (Phi) is 4.42. The molecule has 0 bridgehead atoms. The van der Waals surface area contributed by atoms with Gasteiger partial charge in [0.1, 0.15) is 11.4 Å². The van der Waals surface area contributed by atoms with Crippen molar-refractivity contribution in [2.75, 3.05) is 20.3 Å². The molecule has 0 aromatic heterocycles. The van der Waals surface area contributed by atoms with E-state index in [0.29, 0.717) is 45.3 Å². The lowest BCUT2D eigenvalue weighted by atomic mass is 9.76. The third-order valence-electron chi connectivity index (χ3n) is 4.30. The summed E-state index contributed by atoms with van der Waals surface area (Å²) in [7, 11) is 1.61. The number of amidine groups is 1. The van der Waals surface area contributed by atoms with Crippen molar-refractivity contribution in [3.8, 4) is 0 Å². The zero-order valence-electron chi connectivity index (χ0n) is 12.1. The maximum absolute atomic E-state index is 12.6. The van der Waals surface area contributed by atoms with Crippen LogP contribution in [0.1, 0.15) is 39.0 Å². The maximum Gasteiger partial charge on any atom is 0.306 e. The molecule has 6 heteroatoms. The molecule has 0 saturated heterocycles. The van der Waals surface area contributed by atoms with Gasteiger partial charge in [-0.05, 0) is 25.7 Å². The van der Waals surface area contributed by atoms with Gasteiger partial charge in [0.05, 0.1) is 19.1 Å². The van der Waals surface area contributed by atoms with Crippen molar-refractivity contribution in [2.45, 2.75) is 44.6 Å². The molecule has 0 aromatic carbocycles. The number of aliphatic carboxylic acids is 1. The molecule has 0 aromatic rings. The molecule has 0 radical (unpaired) electrons. The number of hydrogen-bond donors (Lipinski definition) is 1. The van der Waals surface area contributed by atoms with Gasteiger partial charge >= 0.3 is 5.97 Å². The zero-order chi connectivity index (χ0) is 14.8. The third-order valence-corrected chi connectivity index (χ3v) is 4.30. The summed E-state index contributed by atoms with van der Waals surface area (Å²) in [6.45, 7) is 2.98. The van der Waals surface area contributed by atoms with Crippen LogP contribution in [-0.2, 0) is 14.3 Å². The molecule has 0 atom stereocenters. The van der Waals surface area contributed by atoms with Gasteiger partial charge in [0, 0.05) is 13.5 Å². The monoisotopic (exact) mass is 282 g/mol. The molecule has 1 N–H and O–H groups in total. The maximum atomic E-state index is 12.6. The molecule has 1 heterocycles. The van der Waals surface area contributed by atoms with Crippen LogP contribution in [0.25, 0.3) is 0 Å². The minimum atomic E-state index is -0.763. The molecule has 2 aliphatic rings. The highest BCUT2D eigenvalue weighted by molar-refractivity contribution is 6.08. The third kappa shape index (κ3) is 2.57. The van der Waals surface area contributed by atoms with Crippen molar-refractivity contribution in [1.29, 1.82) is 0 Å². The van der Waals surface area contributed by atoms with Gasteiger partial charge < -0.3 is 9.84 Å². The van der Waals surface area contributed by atoms with Gasteiger partial charge in [-0.15, -0.1) is 0 Å². The Hall–Kier alpha value is -1.43. The first-order chi connectivity index (χ1) is 9.54. The number of amides is 1. The molecule has 1 spiro atoms. The van der Waals surface area contributed by atoms with E-state index in [1.54, 1.807) is 12.0 Å². The van der Waals surface area contributed by atoms with Gasteiger partial charge in [-0.25, -0.2) is 0 Å². The number of carbonyl (C=O) groups is 2. The van der Waals surface area contributed by atoms with Crippen LogP contribution < -0.4 is 0 Å². The summed E-state index contributed by atoms with van der Waals surface area (Å²) in [4.78, 5) is 30.0. The minimum Gasteiger partial charge on any atom is -0.481 e. The Labute approximate surface area is 118 Å².